The second-order valence-corrected chi connectivity index (χ2v) is 6.59. The molecule has 114 valence electrons. The van der Waals surface area contributed by atoms with E-state index in [2.05, 4.69) is 9.97 Å². The van der Waals surface area contributed by atoms with Crippen molar-refractivity contribution < 1.29 is 4.79 Å². The van der Waals surface area contributed by atoms with Gasteiger partial charge >= 0.3 is 0 Å². The first-order valence-electron chi connectivity index (χ1n) is 8.32. The molecule has 0 spiro atoms. The second kappa shape index (κ2) is 5.67. The van der Waals surface area contributed by atoms with Crippen LogP contribution in [0.1, 0.15) is 42.6 Å². The number of hydrogen-bond donors (Lipinski definition) is 0. The Morgan fingerprint density at radius 1 is 1.05 bits per heavy atom. The van der Waals surface area contributed by atoms with Crippen molar-refractivity contribution in [3.05, 3.63) is 36.2 Å². The molecule has 2 aliphatic rings. The van der Waals surface area contributed by atoms with Gasteiger partial charge in [-0.25, -0.2) is 4.98 Å². The molecule has 0 radical (unpaired) electrons. The smallest absolute Gasteiger partial charge is 0.274 e. The summed E-state index contributed by atoms with van der Waals surface area (Å²) in [4.78, 5) is 23.6. The summed E-state index contributed by atoms with van der Waals surface area (Å²) in [5, 5.41) is 0. The normalized spacial score (nSPS) is 25.0. The third-order valence-electron chi connectivity index (χ3n) is 5.25. The van der Waals surface area contributed by atoms with Gasteiger partial charge in [0.05, 0.1) is 17.2 Å². The number of nitrogens with zero attached hydrogens (tertiary/aromatic N) is 3. The van der Waals surface area contributed by atoms with Crippen LogP contribution >= 0.6 is 0 Å². The predicted octanol–water partition coefficient (Wildman–Crippen LogP) is 3.28. The Morgan fingerprint density at radius 2 is 1.82 bits per heavy atom. The zero-order chi connectivity index (χ0) is 14.9. The standard InChI is InChI=1S/C18H21N3O/c22-18(17-11-19-15-7-3-4-8-16(15)20-17)21-10-9-13-5-1-2-6-14(13)12-21/h3-4,7-8,11,13-14H,1-2,5-6,9-10,12H2/t13-,14+/m0/s1. The lowest BCUT2D eigenvalue weighted by Gasteiger charge is -2.41. The first-order valence-corrected chi connectivity index (χ1v) is 8.32. The van der Waals surface area contributed by atoms with Gasteiger partial charge in [-0.1, -0.05) is 31.4 Å². The average molecular weight is 295 g/mol. The van der Waals surface area contributed by atoms with Crippen molar-refractivity contribution in [1.82, 2.24) is 14.9 Å². The second-order valence-electron chi connectivity index (χ2n) is 6.59. The van der Waals surface area contributed by atoms with E-state index < -0.39 is 0 Å². The molecule has 1 amide bonds. The Labute approximate surface area is 130 Å². The van der Waals surface area contributed by atoms with Gasteiger partial charge in [-0.3, -0.25) is 9.78 Å². The summed E-state index contributed by atoms with van der Waals surface area (Å²) in [6, 6.07) is 7.70. The molecule has 0 N–H and O–H groups in total. The summed E-state index contributed by atoms with van der Waals surface area (Å²) in [5.74, 6) is 1.57. The number of aromatic nitrogens is 2. The molecule has 0 bridgehead atoms. The average Bonchev–Trinajstić information content (AvgIpc) is 2.60. The topological polar surface area (TPSA) is 46.1 Å². The highest BCUT2D eigenvalue weighted by atomic mass is 16.2. The largest absolute Gasteiger partial charge is 0.337 e. The maximum Gasteiger partial charge on any atom is 0.274 e. The van der Waals surface area contributed by atoms with Crippen LogP contribution in [-0.4, -0.2) is 33.9 Å². The lowest BCUT2D eigenvalue weighted by molar-refractivity contribution is 0.0515. The molecular weight excluding hydrogens is 274 g/mol. The quantitative estimate of drug-likeness (QED) is 0.811. The Bertz CT molecular complexity index is 700. The molecular formula is C18H21N3O. The molecule has 2 aromatic rings. The number of para-hydroxylation sites is 2. The zero-order valence-electron chi connectivity index (χ0n) is 12.7. The van der Waals surface area contributed by atoms with Crippen LogP contribution < -0.4 is 0 Å². The molecule has 1 aromatic heterocycles. The number of carbonyl (C=O) groups is 1. The minimum atomic E-state index is 0.0438. The summed E-state index contributed by atoms with van der Waals surface area (Å²) in [7, 11) is 0. The fraction of sp³-hybridized carbons (Fsp3) is 0.500. The van der Waals surface area contributed by atoms with Gasteiger partial charge in [0.2, 0.25) is 0 Å². The zero-order valence-corrected chi connectivity index (χ0v) is 12.7. The summed E-state index contributed by atoms with van der Waals surface area (Å²) < 4.78 is 0. The SMILES string of the molecule is O=C(c1cnc2ccccc2n1)N1CC[C@@H]2CCCC[C@@H]2C1. The van der Waals surface area contributed by atoms with Crippen LogP contribution in [0.5, 0.6) is 0 Å². The monoisotopic (exact) mass is 295 g/mol. The molecule has 1 aliphatic carbocycles. The van der Waals surface area contributed by atoms with Crippen LogP contribution in [0, 0.1) is 11.8 Å². The first-order chi connectivity index (χ1) is 10.8. The van der Waals surface area contributed by atoms with Gasteiger partial charge in [-0.15, -0.1) is 0 Å². The fourth-order valence-corrected chi connectivity index (χ4v) is 4.01. The van der Waals surface area contributed by atoms with Crippen molar-refractivity contribution in [3.63, 3.8) is 0 Å². The van der Waals surface area contributed by atoms with Gasteiger partial charge in [0.25, 0.3) is 5.91 Å². The van der Waals surface area contributed by atoms with Crippen LogP contribution in [0.3, 0.4) is 0 Å². The molecule has 0 unspecified atom stereocenters. The molecule has 4 heteroatoms. The number of piperidine rings is 1. The van der Waals surface area contributed by atoms with E-state index >= 15 is 0 Å². The summed E-state index contributed by atoms with van der Waals surface area (Å²) >= 11 is 0. The number of rotatable bonds is 1. The molecule has 1 aromatic carbocycles. The van der Waals surface area contributed by atoms with Crippen molar-refractivity contribution in [1.29, 1.82) is 0 Å². The number of benzene rings is 1. The number of fused-ring (bicyclic) bond motifs is 2. The Balaban J connectivity index is 1.55. The van der Waals surface area contributed by atoms with Gasteiger partial charge in [0.15, 0.2) is 0 Å². The highest BCUT2D eigenvalue weighted by molar-refractivity contribution is 5.93. The summed E-state index contributed by atoms with van der Waals surface area (Å²) in [6.45, 7) is 1.77. The van der Waals surface area contributed by atoms with Gasteiger partial charge in [-0.05, 0) is 36.8 Å². The van der Waals surface area contributed by atoms with Crippen molar-refractivity contribution >= 4 is 16.9 Å². The van der Waals surface area contributed by atoms with E-state index in [0.717, 1.165) is 36.5 Å². The van der Waals surface area contributed by atoms with E-state index in [1.807, 2.05) is 29.2 Å². The van der Waals surface area contributed by atoms with Crippen molar-refractivity contribution in [3.8, 4) is 0 Å². The molecule has 2 heterocycles. The molecule has 4 rings (SSSR count). The first kappa shape index (κ1) is 13.7. The van der Waals surface area contributed by atoms with Crippen molar-refractivity contribution in [2.45, 2.75) is 32.1 Å². The fourth-order valence-electron chi connectivity index (χ4n) is 4.01. The van der Waals surface area contributed by atoms with Gasteiger partial charge in [0, 0.05) is 13.1 Å². The predicted molar refractivity (Wildman–Crippen MR) is 85.5 cm³/mol. The Hall–Kier alpha value is -1.97. The summed E-state index contributed by atoms with van der Waals surface area (Å²) in [6.07, 6.45) is 8.08. The number of likely N-dealkylation sites (tertiary alicyclic amines) is 1. The summed E-state index contributed by atoms with van der Waals surface area (Å²) in [5.41, 5.74) is 2.11. The minimum Gasteiger partial charge on any atom is -0.337 e. The molecule has 1 aliphatic heterocycles. The van der Waals surface area contributed by atoms with E-state index in [4.69, 9.17) is 0 Å². The third kappa shape index (κ3) is 2.47. The van der Waals surface area contributed by atoms with Crippen LogP contribution in [-0.2, 0) is 0 Å². The molecule has 2 fully saturated rings. The molecule has 22 heavy (non-hydrogen) atoms. The van der Waals surface area contributed by atoms with Gasteiger partial charge in [-0.2, -0.15) is 0 Å². The van der Waals surface area contributed by atoms with E-state index in [1.54, 1.807) is 6.20 Å². The Kier molecular flexibility index (Phi) is 3.53. The maximum atomic E-state index is 12.7. The molecule has 4 nitrogen and oxygen atoms in total. The van der Waals surface area contributed by atoms with Crippen LogP contribution in [0.2, 0.25) is 0 Å². The van der Waals surface area contributed by atoms with Gasteiger partial charge in [0.1, 0.15) is 5.69 Å². The molecule has 1 saturated carbocycles. The van der Waals surface area contributed by atoms with E-state index in [-0.39, 0.29) is 5.91 Å². The van der Waals surface area contributed by atoms with Crippen LogP contribution in [0.25, 0.3) is 11.0 Å². The highest BCUT2D eigenvalue weighted by Crippen LogP contribution is 2.36. The molecule has 1 saturated heterocycles. The maximum absolute atomic E-state index is 12.7. The number of hydrogen-bond acceptors (Lipinski definition) is 3. The van der Waals surface area contributed by atoms with Crippen molar-refractivity contribution in [2.24, 2.45) is 11.8 Å². The Morgan fingerprint density at radius 3 is 2.68 bits per heavy atom. The number of amides is 1. The van der Waals surface area contributed by atoms with E-state index in [0.29, 0.717) is 11.6 Å². The lowest BCUT2D eigenvalue weighted by Crippen LogP contribution is -2.45. The van der Waals surface area contributed by atoms with Crippen LogP contribution in [0.4, 0.5) is 0 Å². The van der Waals surface area contributed by atoms with E-state index in [9.17, 15) is 4.79 Å². The third-order valence-corrected chi connectivity index (χ3v) is 5.25. The van der Waals surface area contributed by atoms with Gasteiger partial charge < -0.3 is 4.90 Å². The lowest BCUT2D eigenvalue weighted by atomic mass is 9.75. The van der Waals surface area contributed by atoms with Crippen LogP contribution in [0.15, 0.2) is 30.5 Å². The number of carbonyl (C=O) groups excluding carboxylic acids is 1. The highest BCUT2D eigenvalue weighted by Gasteiger charge is 2.33. The van der Waals surface area contributed by atoms with E-state index in [1.165, 1.54) is 25.7 Å². The molecule has 2 atom stereocenters. The minimum absolute atomic E-state index is 0.0438. The van der Waals surface area contributed by atoms with Crippen molar-refractivity contribution in [2.75, 3.05) is 13.1 Å².